The number of methoxy groups -OCH3 is 1. The van der Waals surface area contributed by atoms with Crippen molar-refractivity contribution in [2.24, 2.45) is 0 Å². The third-order valence-corrected chi connectivity index (χ3v) is 7.73. The Morgan fingerprint density at radius 1 is 1.16 bits per heavy atom. The normalized spacial score (nSPS) is 11.3. The summed E-state index contributed by atoms with van der Waals surface area (Å²) in [7, 11) is 5.67. The summed E-state index contributed by atoms with van der Waals surface area (Å²) < 4.78 is 13.1. The summed E-state index contributed by atoms with van der Waals surface area (Å²) in [5.41, 5.74) is 2.01. The van der Waals surface area contributed by atoms with Crippen molar-refractivity contribution in [3.63, 3.8) is 0 Å². The van der Waals surface area contributed by atoms with Crippen LogP contribution in [0.2, 0.25) is 0 Å². The Labute approximate surface area is 225 Å². The second kappa shape index (κ2) is 12.4. The molecule has 0 aliphatic carbocycles. The average Bonchev–Trinajstić information content (AvgIpc) is 3.40. The lowest BCUT2D eigenvalue weighted by Crippen LogP contribution is -2.23. The van der Waals surface area contributed by atoms with Crippen LogP contribution < -0.4 is 15.0 Å². The molecule has 9 heteroatoms. The third kappa shape index (κ3) is 6.80. The molecule has 0 amide bonds. The summed E-state index contributed by atoms with van der Waals surface area (Å²) in [5, 5.41) is 3.14. The summed E-state index contributed by atoms with van der Waals surface area (Å²) >= 11 is 3.06. The van der Waals surface area contributed by atoms with E-state index in [0.717, 1.165) is 23.4 Å². The number of ether oxygens (including phenoxy) is 2. The number of thiophene rings is 1. The first kappa shape index (κ1) is 26.9. The highest BCUT2D eigenvalue weighted by Crippen LogP contribution is 2.30. The number of thioether (sulfide) groups is 1. The quantitative estimate of drug-likeness (QED) is 0.105. The lowest BCUT2D eigenvalue weighted by molar-refractivity contribution is 0.101. The van der Waals surface area contributed by atoms with E-state index < -0.39 is 0 Å². The topological polar surface area (TPSA) is 73.7 Å². The second-order valence-electron chi connectivity index (χ2n) is 8.92. The molecule has 0 spiro atoms. The maximum Gasteiger partial charge on any atom is 0.262 e. The minimum absolute atomic E-state index is 0.00734. The third-order valence-electron chi connectivity index (χ3n) is 5.85. The van der Waals surface area contributed by atoms with E-state index in [1.807, 2.05) is 49.8 Å². The first-order valence-electron chi connectivity index (χ1n) is 12.0. The Balaban J connectivity index is 1.67. The van der Waals surface area contributed by atoms with Crippen LogP contribution in [0.3, 0.4) is 0 Å². The van der Waals surface area contributed by atoms with E-state index in [4.69, 9.17) is 14.5 Å². The van der Waals surface area contributed by atoms with Gasteiger partial charge in [0.1, 0.15) is 11.5 Å². The van der Waals surface area contributed by atoms with E-state index in [2.05, 4.69) is 4.90 Å². The molecule has 0 bridgehead atoms. The molecule has 0 atom stereocenters. The van der Waals surface area contributed by atoms with Crippen LogP contribution in [-0.2, 0) is 12.3 Å². The minimum atomic E-state index is -0.107. The predicted octanol–water partition coefficient (Wildman–Crippen LogP) is 5.34. The molecule has 37 heavy (non-hydrogen) atoms. The molecule has 2 aromatic carbocycles. The highest BCUT2D eigenvalue weighted by atomic mass is 32.2. The van der Waals surface area contributed by atoms with Crippen molar-refractivity contribution in [1.82, 2.24) is 14.5 Å². The summed E-state index contributed by atoms with van der Waals surface area (Å²) in [6.45, 7) is 3.49. The number of fused-ring (bicyclic) bond motifs is 1. The SMILES string of the molecule is COc1ccc(C(C)=O)cc1CSc1nc2ccc(OCCCN(C)C)cc2c(=O)n1Cc1cccs1. The molecule has 0 N–H and O–H groups in total. The predicted molar refractivity (Wildman–Crippen MR) is 151 cm³/mol. The number of carbonyl (C=O) groups is 1. The summed E-state index contributed by atoms with van der Waals surface area (Å²) in [5.74, 6) is 1.85. The van der Waals surface area contributed by atoms with Crippen molar-refractivity contribution in [3.05, 3.63) is 80.3 Å². The fraction of sp³-hybridized carbons (Fsp3) is 0.321. The Hall–Kier alpha value is -3.14. The average molecular weight is 538 g/mol. The number of hydrogen-bond acceptors (Lipinski definition) is 8. The fourth-order valence-corrected chi connectivity index (χ4v) is 5.57. The molecular formula is C28H31N3O4S2. The van der Waals surface area contributed by atoms with Crippen LogP contribution in [0, 0.1) is 0 Å². The molecule has 0 saturated heterocycles. The van der Waals surface area contributed by atoms with Crippen molar-refractivity contribution >= 4 is 39.8 Å². The Morgan fingerprint density at radius 2 is 2.00 bits per heavy atom. The lowest BCUT2D eigenvalue weighted by Gasteiger charge is -2.15. The van der Waals surface area contributed by atoms with Gasteiger partial charge in [0.25, 0.3) is 5.56 Å². The van der Waals surface area contributed by atoms with Gasteiger partial charge >= 0.3 is 0 Å². The van der Waals surface area contributed by atoms with Gasteiger partial charge in [-0.3, -0.25) is 14.2 Å². The monoisotopic (exact) mass is 537 g/mol. The summed E-state index contributed by atoms with van der Waals surface area (Å²) in [6, 6.07) is 14.9. The van der Waals surface area contributed by atoms with E-state index in [1.165, 1.54) is 11.8 Å². The van der Waals surface area contributed by atoms with Crippen molar-refractivity contribution in [2.75, 3.05) is 34.4 Å². The van der Waals surface area contributed by atoms with Crippen LogP contribution in [0.1, 0.15) is 34.1 Å². The van der Waals surface area contributed by atoms with E-state index in [0.29, 0.717) is 52.0 Å². The van der Waals surface area contributed by atoms with Gasteiger partial charge < -0.3 is 14.4 Å². The van der Waals surface area contributed by atoms with Gasteiger partial charge in [0, 0.05) is 28.3 Å². The van der Waals surface area contributed by atoms with E-state index in [9.17, 15) is 9.59 Å². The number of rotatable bonds is 12. The van der Waals surface area contributed by atoms with E-state index >= 15 is 0 Å². The maximum atomic E-state index is 13.7. The van der Waals surface area contributed by atoms with Crippen molar-refractivity contribution < 1.29 is 14.3 Å². The molecule has 0 aliphatic rings. The number of ketones is 1. The molecule has 194 valence electrons. The number of aromatic nitrogens is 2. The molecule has 0 unspecified atom stereocenters. The standard InChI is InChI=1S/C28H31N3O4S2/c1-19(32)20-8-11-26(34-4)21(15-20)18-37-28-29-25-10-9-22(35-13-6-12-30(2)3)16-24(25)27(33)31(28)17-23-7-5-14-36-23/h5,7-11,14-16H,6,12-13,17-18H2,1-4H3. The summed E-state index contributed by atoms with van der Waals surface area (Å²) in [6.07, 6.45) is 0.899. The first-order valence-corrected chi connectivity index (χ1v) is 13.9. The van der Waals surface area contributed by atoms with E-state index in [-0.39, 0.29) is 11.3 Å². The molecule has 4 rings (SSSR count). The zero-order chi connectivity index (χ0) is 26.4. The minimum Gasteiger partial charge on any atom is -0.496 e. The number of nitrogens with zero attached hydrogens (tertiary/aromatic N) is 3. The molecule has 0 fully saturated rings. The Kier molecular flexibility index (Phi) is 9.02. The molecule has 0 aliphatic heterocycles. The van der Waals surface area contributed by atoms with Crippen molar-refractivity contribution in [3.8, 4) is 11.5 Å². The molecule has 2 aromatic heterocycles. The van der Waals surface area contributed by atoms with Gasteiger partial charge in [-0.2, -0.15) is 0 Å². The van der Waals surface area contributed by atoms with Crippen LogP contribution >= 0.6 is 23.1 Å². The number of carbonyl (C=O) groups excluding carboxylic acids is 1. The zero-order valence-electron chi connectivity index (χ0n) is 21.5. The summed E-state index contributed by atoms with van der Waals surface area (Å²) in [4.78, 5) is 33.7. The fourth-order valence-electron chi connectivity index (χ4n) is 3.90. The highest BCUT2D eigenvalue weighted by molar-refractivity contribution is 7.98. The zero-order valence-corrected chi connectivity index (χ0v) is 23.2. The molecular weight excluding hydrogens is 506 g/mol. The van der Waals surface area contributed by atoms with Crippen LogP contribution in [0.15, 0.2) is 63.9 Å². The second-order valence-corrected chi connectivity index (χ2v) is 10.9. The molecule has 7 nitrogen and oxygen atoms in total. The molecule has 0 radical (unpaired) electrons. The van der Waals surface area contributed by atoms with Gasteiger partial charge in [-0.15, -0.1) is 11.3 Å². The van der Waals surface area contributed by atoms with Crippen molar-refractivity contribution in [1.29, 1.82) is 0 Å². The van der Waals surface area contributed by atoms with E-state index in [1.54, 1.807) is 48.1 Å². The van der Waals surface area contributed by atoms with Crippen LogP contribution in [0.25, 0.3) is 10.9 Å². The van der Waals surface area contributed by atoms with Gasteiger partial charge in [-0.05, 0) is 75.3 Å². The largest absolute Gasteiger partial charge is 0.496 e. The van der Waals surface area contributed by atoms with Gasteiger partial charge in [-0.25, -0.2) is 4.98 Å². The van der Waals surface area contributed by atoms with Crippen molar-refractivity contribution in [2.45, 2.75) is 30.8 Å². The number of benzene rings is 2. The molecule has 2 heterocycles. The van der Waals surface area contributed by atoms with Crippen LogP contribution in [0.5, 0.6) is 11.5 Å². The van der Waals surface area contributed by atoms with Gasteiger partial charge in [-0.1, -0.05) is 17.8 Å². The number of hydrogen-bond donors (Lipinski definition) is 0. The Bertz CT molecular complexity index is 1430. The Morgan fingerprint density at radius 3 is 2.70 bits per heavy atom. The van der Waals surface area contributed by atoms with Crippen LogP contribution in [-0.4, -0.2) is 54.6 Å². The molecule has 0 saturated carbocycles. The lowest BCUT2D eigenvalue weighted by atomic mass is 10.1. The first-order chi connectivity index (χ1) is 17.9. The molecule has 4 aromatic rings. The smallest absolute Gasteiger partial charge is 0.262 e. The maximum absolute atomic E-state index is 13.7. The van der Waals surface area contributed by atoms with Gasteiger partial charge in [0.05, 0.1) is 31.2 Å². The van der Waals surface area contributed by atoms with Gasteiger partial charge in [0.15, 0.2) is 10.9 Å². The van der Waals surface area contributed by atoms with Gasteiger partial charge in [0.2, 0.25) is 0 Å². The van der Waals surface area contributed by atoms with Crippen LogP contribution in [0.4, 0.5) is 0 Å². The number of Topliss-reactive ketones (excluding diaryl/α,β-unsaturated/α-hetero) is 1. The highest BCUT2D eigenvalue weighted by Gasteiger charge is 2.16.